The first-order chi connectivity index (χ1) is 8.93. The van der Waals surface area contributed by atoms with E-state index in [1.54, 1.807) is 6.07 Å². The lowest BCUT2D eigenvalue weighted by Gasteiger charge is -2.12. The molecule has 0 aromatic carbocycles. The van der Waals surface area contributed by atoms with Gasteiger partial charge in [-0.2, -0.15) is 0 Å². The molecule has 0 aliphatic heterocycles. The summed E-state index contributed by atoms with van der Waals surface area (Å²) in [6, 6.07) is 2.39. The highest BCUT2D eigenvalue weighted by Crippen LogP contribution is 2.17. The second-order valence-corrected chi connectivity index (χ2v) is 5.16. The molecular weight excluding hydrogens is 268 g/mol. The zero-order valence-electron chi connectivity index (χ0n) is 10.5. The van der Waals surface area contributed by atoms with Gasteiger partial charge in [0.25, 0.3) is 5.91 Å². The highest BCUT2D eigenvalue weighted by Gasteiger charge is 2.21. The van der Waals surface area contributed by atoms with Gasteiger partial charge in [0.15, 0.2) is 0 Å². The number of primary amides is 1. The number of nitrogens with two attached hydrogens (primary N) is 1. The number of carboxylic acids is 1. The highest BCUT2D eigenvalue weighted by molar-refractivity contribution is 7.14. The molecule has 0 unspecified atom stereocenters. The number of carboxylic acid groups (broad SMARTS) is 1. The fourth-order valence-corrected chi connectivity index (χ4v) is 2.31. The minimum absolute atomic E-state index is 0.0115. The summed E-state index contributed by atoms with van der Waals surface area (Å²) in [6.07, 6.45) is 0.728. The summed E-state index contributed by atoms with van der Waals surface area (Å²) < 4.78 is 0. The van der Waals surface area contributed by atoms with Gasteiger partial charge in [-0.1, -0.05) is 6.92 Å². The van der Waals surface area contributed by atoms with Crippen molar-refractivity contribution in [3.63, 3.8) is 0 Å². The largest absolute Gasteiger partial charge is 0.480 e. The van der Waals surface area contributed by atoms with Crippen molar-refractivity contribution < 1.29 is 19.5 Å². The number of amides is 2. The van der Waals surface area contributed by atoms with Crippen molar-refractivity contribution in [3.05, 3.63) is 21.9 Å². The Labute approximate surface area is 114 Å². The van der Waals surface area contributed by atoms with Gasteiger partial charge in [0.05, 0.1) is 4.88 Å². The van der Waals surface area contributed by atoms with Gasteiger partial charge in [-0.15, -0.1) is 11.3 Å². The SMILES string of the molecule is CCc1ccc(C(=O)N[C@@H](CCC(N)=O)C(=O)O)s1. The minimum atomic E-state index is -1.18. The Morgan fingerprint density at radius 3 is 2.58 bits per heavy atom. The van der Waals surface area contributed by atoms with E-state index in [1.807, 2.05) is 13.0 Å². The summed E-state index contributed by atoms with van der Waals surface area (Å²) in [6.45, 7) is 1.97. The number of carbonyl (C=O) groups excluding carboxylic acids is 2. The molecule has 1 aromatic rings. The molecule has 1 rings (SSSR count). The highest BCUT2D eigenvalue weighted by atomic mass is 32.1. The lowest BCUT2D eigenvalue weighted by Crippen LogP contribution is -2.41. The van der Waals surface area contributed by atoms with E-state index in [1.165, 1.54) is 11.3 Å². The van der Waals surface area contributed by atoms with Crippen LogP contribution in [-0.4, -0.2) is 28.9 Å². The molecule has 0 spiro atoms. The van der Waals surface area contributed by atoms with Crippen LogP contribution < -0.4 is 11.1 Å². The maximum atomic E-state index is 11.9. The van der Waals surface area contributed by atoms with Gasteiger partial charge in [0.2, 0.25) is 5.91 Å². The minimum Gasteiger partial charge on any atom is -0.480 e. The molecule has 4 N–H and O–H groups in total. The summed E-state index contributed by atoms with van der Waals surface area (Å²) in [5.74, 6) is -2.21. The molecule has 0 radical (unpaired) electrons. The van der Waals surface area contributed by atoms with Crippen molar-refractivity contribution in [2.45, 2.75) is 32.2 Å². The van der Waals surface area contributed by atoms with E-state index in [0.717, 1.165) is 11.3 Å². The Morgan fingerprint density at radius 2 is 2.11 bits per heavy atom. The number of carbonyl (C=O) groups is 3. The van der Waals surface area contributed by atoms with Gasteiger partial charge < -0.3 is 16.2 Å². The first kappa shape index (κ1) is 15.2. The molecule has 19 heavy (non-hydrogen) atoms. The predicted molar refractivity (Wildman–Crippen MR) is 71.0 cm³/mol. The van der Waals surface area contributed by atoms with Crippen molar-refractivity contribution in [1.29, 1.82) is 0 Å². The first-order valence-electron chi connectivity index (χ1n) is 5.84. The Balaban J connectivity index is 2.65. The third kappa shape index (κ3) is 4.70. The van der Waals surface area contributed by atoms with Crippen LogP contribution in [0.4, 0.5) is 0 Å². The van der Waals surface area contributed by atoms with Crippen LogP contribution in [0.2, 0.25) is 0 Å². The van der Waals surface area contributed by atoms with Crippen molar-refractivity contribution in [1.82, 2.24) is 5.32 Å². The molecule has 0 bridgehead atoms. The average molecular weight is 284 g/mol. The number of hydrogen-bond donors (Lipinski definition) is 3. The van der Waals surface area contributed by atoms with E-state index in [4.69, 9.17) is 10.8 Å². The maximum absolute atomic E-state index is 11.9. The molecule has 0 aliphatic carbocycles. The van der Waals surface area contributed by atoms with E-state index in [2.05, 4.69) is 5.32 Å². The van der Waals surface area contributed by atoms with Crippen LogP contribution in [0.25, 0.3) is 0 Å². The van der Waals surface area contributed by atoms with Crippen LogP contribution in [0.1, 0.15) is 34.3 Å². The Kier molecular flexibility index (Phi) is 5.50. The zero-order valence-corrected chi connectivity index (χ0v) is 11.3. The first-order valence-corrected chi connectivity index (χ1v) is 6.66. The van der Waals surface area contributed by atoms with Gasteiger partial charge in [0.1, 0.15) is 6.04 Å². The van der Waals surface area contributed by atoms with Crippen molar-refractivity contribution in [2.75, 3.05) is 0 Å². The van der Waals surface area contributed by atoms with E-state index < -0.39 is 23.8 Å². The van der Waals surface area contributed by atoms with Gasteiger partial charge in [-0.05, 0) is 25.0 Å². The van der Waals surface area contributed by atoms with E-state index >= 15 is 0 Å². The van der Waals surface area contributed by atoms with Crippen LogP contribution in [0.15, 0.2) is 12.1 Å². The van der Waals surface area contributed by atoms with Gasteiger partial charge in [-0.3, -0.25) is 9.59 Å². The molecule has 1 atom stereocenters. The molecule has 1 aromatic heterocycles. The average Bonchev–Trinajstić information content (AvgIpc) is 2.82. The lowest BCUT2D eigenvalue weighted by atomic mass is 10.1. The summed E-state index contributed by atoms with van der Waals surface area (Å²) in [7, 11) is 0. The van der Waals surface area contributed by atoms with Crippen molar-refractivity contribution in [3.8, 4) is 0 Å². The number of nitrogens with one attached hydrogen (secondary N) is 1. The van der Waals surface area contributed by atoms with Crippen LogP contribution in [0.3, 0.4) is 0 Å². The fourth-order valence-electron chi connectivity index (χ4n) is 1.46. The number of aryl methyl sites for hydroxylation is 1. The molecule has 0 saturated heterocycles. The Bertz CT molecular complexity index is 484. The third-order valence-electron chi connectivity index (χ3n) is 2.52. The third-order valence-corrected chi connectivity index (χ3v) is 3.75. The second-order valence-electron chi connectivity index (χ2n) is 3.99. The van der Waals surface area contributed by atoms with Crippen LogP contribution >= 0.6 is 11.3 Å². The summed E-state index contributed by atoms with van der Waals surface area (Å²) >= 11 is 1.32. The fraction of sp³-hybridized carbons (Fsp3) is 0.417. The predicted octanol–water partition coefficient (Wildman–Crippen LogP) is 0.759. The standard InChI is InChI=1S/C12H16N2O4S/c1-2-7-3-5-9(19-7)11(16)14-8(12(17)18)4-6-10(13)15/h3,5,8H,2,4,6H2,1H3,(H2,13,15)(H,14,16)(H,17,18)/t8-/m0/s1. The Hall–Kier alpha value is -1.89. The Morgan fingerprint density at radius 1 is 1.42 bits per heavy atom. The zero-order chi connectivity index (χ0) is 14.4. The molecule has 0 saturated carbocycles. The summed E-state index contributed by atoms with van der Waals surface area (Å²) in [5, 5.41) is 11.4. The van der Waals surface area contributed by atoms with E-state index in [0.29, 0.717) is 4.88 Å². The lowest BCUT2D eigenvalue weighted by molar-refractivity contribution is -0.139. The number of hydrogen-bond acceptors (Lipinski definition) is 4. The van der Waals surface area contributed by atoms with Gasteiger partial charge in [0, 0.05) is 11.3 Å². The van der Waals surface area contributed by atoms with Gasteiger partial charge >= 0.3 is 5.97 Å². The normalized spacial score (nSPS) is 11.8. The van der Waals surface area contributed by atoms with Crippen molar-refractivity contribution >= 4 is 29.1 Å². The van der Waals surface area contributed by atoms with E-state index in [9.17, 15) is 14.4 Å². The molecule has 0 aliphatic rings. The molecule has 0 fully saturated rings. The topological polar surface area (TPSA) is 109 Å². The van der Waals surface area contributed by atoms with Crippen LogP contribution in [0.5, 0.6) is 0 Å². The smallest absolute Gasteiger partial charge is 0.326 e. The van der Waals surface area contributed by atoms with Crippen LogP contribution in [0, 0.1) is 0 Å². The second kappa shape index (κ2) is 6.89. The summed E-state index contributed by atoms with van der Waals surface area (Å²) in [4.78, 5) is 35.0. The molecule has 2 amide bonds. The quantitative estimate of drug-likeness (QED) is 0.686. The van der Waals surface area contributed by atoms with Gasteiger partial charge in [-0.25, -0.2) is 4.79 Å². The van der Waals surface area contributed by atoms with E-state index in [-0.39, 0.29) is 12.8 Å². The number of thiophene rings is 1. The molecule has 104 valence electrons. The molecule has 1 heterocycles. The number of rotatable bonds is 7. The summed E-state index contributed by atoms with van der Waals surface area (Å²) in [5.41, 5.74) is 4.96. The van der Waals surface area contributed by atoms with Crippen LogP contribution in [-0.2, 0) is 16.0 Å². The number of aliphatic carboxylic acids is 1. The van der Waals surface area contributed by atoms with Crippen molar-refractivity contribution in [2.24, 2.45) is 5.73 Å². The molecule has 6 nitrogen and oxygen atoms in total. The maximum Gasteiger partial charge on any atom is 0.326 e. The molecular formula is C12H16N2O4S. The molecule has 7 heteroatoms. The monoisotopic (exact) mass is 284 g/mol.